The number of anilines is 1. The molecule has 2 N–H and O–H groups in total. The molecule has 0 fully saturated rings. The number of halogens is 1. The van der Waals surface area contributed by atoms with Crippen LogP contribution in [0.2, 0.25) is 0 Å². The van der Waals surface area contributed by atoms with E-state index in [0.717, 1.165) is 16.5 Å². The van der Waals surface area contributed by atoms with Crippen molar-refractivity contribution in [3.8, 4) is 11.5 Å². The summed E-state index contributed by atoms with van der Waals surface area (Å²) in [5.74, 6) is 0.230. The summed E-state index contributed by atoms with van der Waals surface area (Å²) in [6.45, 7) is 1.99. The molecule has 0 bridgehead atoms. The average molecular weight is 268 g/mol. The fraction of sp³-hybridized carbons (Fsp3) is 0.0625. The Bertz CT molecular complexity index is 787. The van der Waals surface area contributed by atoms with Gasteiger partial charge in [0.25, 0.3) is 0 Å². The molecule has 0 spiro atoms. The molecule has 4 heteroatoms. The highest BCUT2D eigenvalue weighted by Crippen LogP contribution is 2.31. The van der Waals surface area contributed by atoms with Crippen LogP contribution in [0.15, 0.2) is 48.7 Å². The van der Waals surface area contributed by atoms with E-state index >= 15 is 0 Å². The van der Waals surface area contributed by atoms with Crippen LogP contribution in [0.3, 0.4) is 0 Å². The third kappa shape index (κ3) is 2.28. The normalized spacial score (nSPS) is 10.7. The Morgan fingerprint density at radius 2 is 1.90 bits per heavy atom. The first-order valence-corrected chi connectivity index (χ1v) is 6.22. The minimum absolute atomic E-state index is 0.146. The third-order valence-electron chi connectivity index (χ3n) is 3.03. The average Bonchev–Trinajstić information content (AvgIpc) is 2.41. The van der Waals surface area contributed by atoms with Crippen molar-refractivity contribution in [1.29, 1.82) is 0 Å². The van der Waals surface area contributed by atoms with Gasteiger partial charge in [-0.15, -0.1) is 0 Å². The van der Waals surface area contributed by atoms with Crippen molar-refractivity contribution in [2.75, 3.05) is 5.73 Å². The topological polar surface area (TPSA) is 48.1 Å². The van der Waals surface area contributed by atoms with Gasteiger partial charge in [-0.25, -0.2) is 4.39 Å². The molecular weight excluding hydrogens is 255 g/mol. The van der Waals surface area contributed by atoms with Crippen LogP contribution in [0.5, 0.6) is 11.5 Å². The maximum atomic E-state index is 13.8. The van der Waals surface area contributed by atoms with Gasteiger partial charge in [-0.05, 0) is 42.8 Å². The number of aromatic nitrogens is 1. The number of nitrogens with two attached hydrogens (primary N) is 1. The van der Waals surface area contributed by atoms with Gasteiger partial charge in [0.05, 0.1) is 5.52 Å². The zero-order valence-corrected chi connectivity index (χ0v) is 10.9. The molecule has 2 aromatic carbocycles. The minimum atomic E-state index is -0.484. The summed E-state index contributed by atoms with van der Waals surface area (Å²) in [4.78, 5) is 4.29. The van der Waals surface area contributed by atoms with Gasteiger partial charge in [-0.1, -0.05) is 6.07 Å². The number of pyridine rings is 1. The van der Waals surface area contributed by atoms with Gasteiger partial charge in [-0.2, -0.15) is 0 Å². The van der Waals surface area contributed by atoms with E-state index in [2.05, 4.69) is 4.98 Å². The van der Waals surface area contributed by atoms with Crippen LogP contribution in [0.25, 0.3) is 10.9 Å². The van der Waals surface area contributed by atoms with Crippen LogP contribution >= 0.6 is 0 Å². The second kappa shape index (κ2) is 4.81. The molecule has 0 unspecified atom stereocenters. The zero-order valence-electron chi connectivity index (χ0n) is 10.9. The summed E-state index contributed by atoms with van der Waals surface area (Å²) in [6.07, 6.45) is 1.65. The van der Waals surface area contributed by atoms with Crippen molar-refractivity contribution >= 4 is 16.6 Å². The van der Waals surface area contributed by atoms with Crippen molar-refractivity contribution in [1.82, 2.24) is 4.98 Å². The number of aryl methyl sites for hydroxylation is 1. The summed E-state index contributed by atoms with van der Waals surface area (Å²) >= 11 is 0. The number of benzene rings is 2. The maximum Gasteiger partial charge on any atom is 0.167 e. The minimum Gasteiger partial charge on any atom is -0.454 e. The van der Waals surface area contributed by atoms with E-state index in [0.29, 0.717) is 11.4 Å². The van der Waals surface area contributed by atoms with E-state index < -0.39 is 5.82 Å². The van der Waals surface area contributed by atoms with Crippen LogP contribution in [-0.4, -0.2) is 4.98 Å². The van der Waals surface area contributed by atoms with Gasteiger partial charge in [0.2, 0.25) is 0 Å². The monoisotopic (exact) mass is 268 g/mol. The summed E-state index contributed by atoms with van der Waals surface area (Å²) in [5.41, 5.74) is 7.82. The first-order chi connectivity index (χ1) is 9.63. The van der Waals surface area contributed by atoms with Crippen LogP contribution in [0, 0.1) is 12.7 Å². The van der Waals surface area contributed by atoms with Crippen LogP contribution < -0.4 is 10.5 Å². The molecule has 100 valence electrons. The predicted octanol–water partition coefficient (Wildman–Crippen LogP) is 4.06. The molecule has 1 heterocycles. The van der Waals surface area contributed by atoms with Gasteiger partial charge in [-0.3, -0.25) is 4.98 Å². The standard InChI is InChI=1S/C16H13FN2O/c1-10-2-4-12-14(8-10)19-7-6-15(12)20-16-5-3-11(18)9-13(16)17/h2-9H,18H2,1H3. The number of rotatable bonds is 2. The van der Waals surface area contributed by atoms with E-state index in [9.17, 15) is 4.39 Å². The Hall–Kier alpha value is -2.62. The largest absolute Gasteiger partial charge is 0.454 e. The Morgan fingerprint density at radius 3 is 2.70 bits per heavy atom. The van der Waals surface area contributed by atoms with Crippen molar-refractivity contribution in [3.05, 3.63) is 60.0 Å². The highest BCUT2D eigenvalue weighted by Gasteiger charge is 2.08. The lowest BCUT2D eigenvalue weighted by molar-refractivity contribution is 0.446. The molecule has 0 amide bonds. The molecule has 3 aromatic rings. The highest BCUT2D eigenvalue weighted by molar-refractivity contribution is 5.85. The third-order valence-corrected chi connectivity index (χ3v) is 3.03. The number of hydrogen-bond acceptors (Lipinski definition) is 3. The Labute approximate surface area is 115 Å². The number of fused-ring (bicyclic) bond motifs is 1. The molecule has 0 saturated heterocycles. The zero-order chi connectivity index (χ0) is 14.1. The van der Waals surface area contributed by atoms with Gasteiger partial charge < -0.3 is 10.5 Å². The summed E-state index contributed by atoms with van der Waals surface area (Å²) in [6, 6.07) is 11.9. The summed E-state index contributed by atoms with van der Waals surface area (Å²) in [5, 5.41) is 0.842. The fourth-order valence-electron chi connectivity index (χ4n) is 2.04. The Morgan fingerprint density at radius 1 is 1.05 bits per heavy atom. The van der Waals surface area contributed by atoms with Crippen molar-refractivity contribution in [3.63, 3.8) is 0 Å². The molecule has 0 aliphatic heterocycles. The van der Waals surface area contributed by atoms with E-state index in [1.54, 1.807) is 18.3 Å². The molecule has 3 nitrogen and oxygen atoms in total. The maximum absolute atomic E-state index is 13.8. The van der Waals surface area contributed by atoms with E-state index in [1.165, 1.54) is 12.1 Å². The second-order valence-corrected chi connectivity index (χ2v) is 4.62. The van der Waals surface area contributed by atoms with E-state index in [-0.39, 0.29) is 5.75 Å². The first-order valence-electron chi connectivity index (χ1n) is 6.22. The van der Waals surface area contributed by atoms with Crippen molar-refractivity contribution < 1.29 is 9.13 Å². The van der Waals surface area contributed by atoms with Gasteiger partial charge in [0.15, 0.2) is 11.6 Å². The lowest BCUT2D eigenvalue weighted by atomic mass is 10.1. The Balaban J connectivity index is 2.06. The summed E-state index contributed by atoms with van der Waals surface area (Å²) in [7, 11) is 0. The van der Waals surface area contributed by atoms with Gasteiger partial charge in [0, 0.05) is 23.3 Å². The molecule has 0 radical (unpaired) electrons. The van der Waals surface area contributed by atoms with Gasteiger partial charge in [0.1, 0.15) is 5.75 Å². The SMILES string of the molecule is Cc1ccc2c(Oc3ccc(N)cc3F)ccnc2c1. The molecule has 20 heavy (non-hydrogen) atoms. The summed E-state index contributed by atoms with van der Waals surface area (Å²) < 4.78 is 19.4. The van der Waals surface area contributed by atoms with Gasteiger partial charge >= 0.3 is 0 Å². The number of nitrogens with zero attached hydrogens (tertiary/aromatic N) is 1. The molecule has 0 aliphatic carbocycles. The molecule has 0 atom stereocenters. The fourth-order valence-corrected chi connectivity index (χ4v) is 2.04. The molecule has 3 rings (SSSR count). The number of hydrogen-bond donors (Lipinski definition) is 1. The van der Waals surface area contributed by atoms with Crippen LogP contribution in [0.1, 0.15) is 5.56 Å². The van der Waals surface area contributed by atoms with Crippen LogP contribution in [0.4, 0.5) is 10.1 Å². The Kier molecular flexibility index (Phi) is 2.99. The molecule has 0 saturated carbocycles. The second-order valence-electron chi connectivity index (χ2n) is 4.62. The lowest BCUT2D eigenvalue weighted by Gasteiger charge is -2.10. The predicted molar refractivity (Wildman–Crippen MR) is 77.4 cm³/mol. The first kappa shape index (κ1) is 12.4. The van der Waals surface area contributed by atoms with Crippen molar-refractivity contribution in [2.45, 2.75) is 6.92 Å². The molecule has 1 aromatic heterocycles. The van der Waals surface area contributed by atoms with E-state index in [4.69, 9.17) is 10.5 Å². The number of nitrogen functional groups attached to an aromatic ring is 1. The molecular formula is C16H13FN2O. The van der Waals surface area contributed by atoms with Crippen LogP contribution in [-0.2, 0) is 0 Å². The quantitative estimate of drug-likeness (QED) is 0.713. The number of ether oxygens (including phenoxy) is 1. The van der Waals surface area contributed by atoms with Crippen molar-refractivity contribution in [2.24, 2.45) is 0 Å². The highest BCUT2D eigenvalue weighted by atomic mass is 19.1. The smallest absolute Gasteiger partial charge is 0.167 e. The lowest BCUT2D eigenvalue weighted by Crippen LogP contribution is -1.92. The van der Waals surface area contributed by atoms with E-state index in [1.807, 2.05) is 25.1 Å². The molecule has 0 aliphatic rings.